The summed E-state index contributed by atoms with van der Waals surface area (Å²) in [6.07, 6.45) is 0. The van der Waals surface area contributed by atoms with Crippen LogP contribution in [0, 0.1) is 0 Å². The minimum atomic E-state index is -5.63. The van der Waals surface area contributed by atoms with Gasteiger partial charge in [-0.25, -0.2) is 0 Å². The number of nitrogens with zero attached hydrogens (tertiary/aromatic N) is 1. The molecule has 0 saturated heterocycles. The fourth-order valence-electron chi connectivity index (χ4n) is 5.21. The summed E-state index contributed by atoms with van der Waals surface area (Å²) < 4.78 is 57.0. The zero-order valence-electron chi connectivity index (χ0n) is 29.2. The standard InChI is InChI=1S/C36H20Br12N3O6P3/c37-19-1-7-31(25(43)13-19)52-59(53-32-8-2-20(38)14-26(32)44,54-33-9-3-21(39)15-27(33)45)49-58-50-60(51-59,55-34-10-4-22(40)16-28(34)46,56-35-11-5-23(41)17-29(35)47)57-36-12-6-24(42)18-30(36)48/h1-18,51H,(H,49,50). The van der Waals surface area contributed by atoms with Gasteiger partial charge in [0.05, 0.1) is 0 Å². The van der Waals surface area contributed by atoms with E-state index in [1.807, 2.05) is 72.8 Å². The molecule has 1 heterocycles. The van der Waals surface area contributed by atoms with Crippen LogP contribution in [0.25, 0.3) is 0 Å². The third-order valence-corrected chi connectivity index (χ3v) is 23.6. The first kappa shape index (κ1) is 48.7. The van der Waals surface area contributed by atoms with Gasteiger partial charge in [-0.2, -0.15) is 0 Å². The Balaban J connectivity index is 1.63. The number of nitrogens with one attached hydrogen (secondary N) is 2. The third kappa shape index (κ3) is 11.1. The predicted molar refractivity (Wildman–Crippen MR) is 284 cm³/mol. The van der Waals surface area contributed by atoms with Crippen LogP contribution in [0.5, 0.6) is 34.5 Å². The molecule has 1 aliphatic rings. The molecule has 9 nitrogen and oxygen atoms in total. The fourth-order valence-corrected chi connectivity index (χ4v) is 23.1. The molecular formula is C36H20Br12N3O6P3. The maximum absolute atomic E-state index is 7.34. The average Bonchev–Trinajstić information content (AvgIpc) is 3.16. The molecule has 6 aromatic carbocycles. The van der Waals surface area contributed by atoms with E-state index >= 15 is 0 Å². The molecule has 60 heavy (non-hydrogen) atoms. The molecule has 0 fully saturated rings. The molecule has 7 rings (SSSR count). The molecule has 0 unspecified atom stereocenters. The topological polar surface area (TPSA) is 91.8 Å². The van der Waals surface area contributed by atoms with Crippen LogP contribution in [-0.2, 0) is 0 Å². The van der Waals surface area contributed by atoms with Crippen LogP contribution in [0.1, 0.15) is 0 Å². The predicted octanol–water partition coefficient (Wildman–Crippen LogP) is 20.1. The van der Waals surface area contributed by atoms with E-state index in [1.54, 1.807) is 36.4 Å². The molecule has 0 bridgehead atoms. The molecule has 0 amide bonds. The molecule has 24 heteroatoms. The molecule has 2 N–H and O–H groups in total. The number of rotatable bonds is 12. The second-order valence-electron chi connectivity index (χ2n) is 12.1. The van der Waals surface area contributed by atoms with Crippen molar-refractivity contribution >= 4 is 215 Å². The van der Waals surface area contributed by atoms with Crippen molar-refractivity contribution in [3.05, 3.63) is 163 Å². The molecule has 1 aliphatic heterocycles. The fraction of sp³-hybridized carbons (Fsp3) is 0. The summed E-state index contributed by atoms with van der Waals surface area (Å²) in [4.78, 5) is 7.02. The van der Waals surface area contributed by atoms with Crippen molar-refractivity contribution in [3.63, 3.8) is 0 Å². The van der Waals surface area contributed by atoms with Gasteiger partial charge in [0.25, 0.3) is 0 Å². The molecule has 0 aliphatic carbocycles. The summed E-state index contributed by atoms with van der Waals surface area (Å²) in [6, 6.07) is 32.4. The van der Waals surface area contributed by atoms with E-state index < -0.39 is 15.2 Å². The average molecular weight is 1640 g/mol. The monoisotopic (exact) mass is 1630 g/mol. The van der Waals surface area contributed by atoms with Crippen LogP contribution in [0.15, 0.2) is 167 Å². The van der Waals surface area contributed by atoms with E-state index in [1.165, 1.54) is 0 Å². The minimum absolute atomic E-state index is 0.0809. The number of hydrogen-bond acceptors (Lipinski definition) is 9. The van der Waals surface area contributed by atoms with E-state index in [0.29, 0.717) is 44.1 Å². The van der Waals surface area contributed by atoms with Crippen molar-refractivity contribution in [1.82, 2.24) is 9.72 Å². The Morgan fingerprint density at radius 2 is 0.583 bits per heavy atom. The van der Waals surface area contributed by atoms with E-state index in [-0.39, 0.29) is 25.8 Å². The summed E-state index contributed by atoms with van der Waals surface area (Å²) in [5.74, 6) is 1.73. The number of benzene rings is 6. The van der Waals surface area contributed by atoms with Gasteiger partial charge in [0.1, 0.15) is 0 Å². The molecule has 0 atom stereocenters. The van der Waals surface area contributed by atoms with Crippen molar-refractivity contribution in [2.24, 2.45) is 4.52 Å². The zero-order chi connectivity index (χ0) is 43.1. The van der Waals surface area contributed by atoms with Crippen molar-refractivity contribution < 1.29 is 27.1 Å². The quantitative estimate of drug-likeness (QED) is 0.117. The third-order valence-electron chi connectivity index (χ3n) is 7.69. The number of halogens is 12. The second-order valence-corrected chi connectivity index (χ2v) is 29.8. The Hall–Kier alpha value is 0.760. The molecule has 0 saturated carbocycles. The maximum atomic E-state index is 7.34. The van der Waals surface area contributed by atoms with Gasteiger partial charge in [-0.1, -0.05) is 0 Å². The van der Waals surface area contributed by atoms with Crippen LogP contribution < -0.4 is 36.9 Å². The van der Waals surface area contributed by atoms with Gasteiger partial charge < -0.3 is 0 Å². The molecular weight excluding hydrogens is 1620 g/mol. The first-order valence-electron chi connectivity index (χ1n) is 16.3. The molecule has 314 valence electrons. The summed E-state index contributed by atoms with van der Waals surface area (Å²) in [6.45, 7) is 0. The van der Waals surface area contributed by atoms with E-state index in [2.05, 4.69) is 201 Å². The SMILES string of the molecule is Brc1ccc(OP2(Oc3ccc(Br)cc3Br)(Oc3ccc(Br)cc3Br)N=PNP(Oc3ccc(Br)cc3Br)(Oc3ccc(Br)cc3Br)(Oc3ccc(Br)cc3Br)N2)c(Br)c1. The Kier molecular flexibility index (Phi) is 15.9. The van der Waals surface area contributed by atoms with Gasteiger partial charge in [0, 0.05) is 0 Å². The van der Waals surface area contributed by atoms with Crippen molar-refractivity contribution in [2.45, 2.75) is 0 Å². The number of hydrogen-bond donors (Lipinski definition) is 2. The van der Waals surface area contributed by atoms with Gasteiger partial charge in [-0.3, -0.25) is 0 Å². The first-order valence-corrected chi connectivity index (χ1v) is 30.6. The van der Waals surface area contributed by atoms with E-state index in [9.17, 15) is 0 Å². The van der Waals surface area contributed by atoms with Crippen molar-refractivity contribution in [2.75, 3.05) is 0 Å². The second kappa shape index (κ2) is 19.5. The van der Waals surface area contributed by atoms with E-state index in [0.717, 1.165) is 26.8 Å². The molecule has 0 radical (unpaired) electrons. The van der Waals surface area contributed by atoms with Gasteiger partial charge in [-0.05, 0) is 0 Å². The van der Waals surface area contributed by atoms with Gasteiger partial charge >= 0.3 is 454 Å². The Morgan fingerprint density at radius 3 is 0.817 bits per heavy atom. The van der Waals surface area contributed by atoms with Gasteiger partial charge in [0.15, 0.2) is 0 Å². The Labute approximate surface area is 447 Å². The summed E-state index contributed by atoms with van der Waals surface area (Å²) in [5.41, 5.74) is 0. The molecule has 0 aromatic heterocycles. The van der Waals surface area contributed by atoms with Crippen LogP contribution in [0.4, 0.5) is 0 Å². The molecule has 6 aromatic rings. The van der Waals surface area contributed by atoms with Gasteiger partial charge in [-0.15, -0.1) is 0 Å². The zero-order valence-corrected chi connectivity index (χ0v) is 50.9. The normalized spacial score (nSPS) is 17.5. The summed E-state index contributed by atoms with van der Waals surface area (Å²) in [5, 5.41) is 0. The summed E-state index contributed by atoms with van der Waals surface area (Å²) >= 11 is 43.8. The molecule has 0 spiro atoms. The Bertz CT molecular complexity index is 2440. The van der Waals surface area contributed by atoms with Crippen LogP contribution in [-0.4, -0.2) is 0 Å². The van der Waals surface area contributed by atoms with Crippen molar-refractivity contribution in [1.29, 1.82) is 0 Å². The van der Waals surface area contributed by atoms with Gasteiger partial charge in [0.2, 0.25) is 0 Å². The van der Waals surface area contributed by atoms with Crippen LogP contribution in [0.3, 0.4) is 0 Å². The van der Waals surface area contributed by atoms with E-state index in [4.69, 9.17) is 31.7 Å². The van der Waals surface area contributed by atoms with Crippen LogP contribution >= 0.6 is 215 Å². The van der Waals surface area contributed by atoms with Crippen molar-refractivity contribution in [3.8, 4) is 34.5 Å². The first-order chi connectivity index (χ1) is 28.3. The van der Waals surface area contributed by atoms with Crippen LogP contribution in [0.2, 0.25) is 0 Å². The summed E-state index contributed by atoms with van der Waals surface area (Å²) in [7, 11) is -11.1. The Morgan fingerprint density at radius 1 is 0.350 bits per heavy atom.